The van der Waals surface area contributed by atoms with E-state index in [1.165, 1.54) is 23.5 Å². The van der Waals surface area contributed by atoms with Crippen LogP contribution in [0.5, 0.6) is 5.75 Å². The fourth-order valence-electron chi connectivity index (χ4n) is 3.12. The Kier molecular flexibility index (Phi) is 5.64. The van der Waals surface area contributed by atoms with Gasteiger partial charge in [0.25, 0.3) is 0 Å². The van der Waals surface area contributed by atoms with E-state index in [2.05, 4.69) is 9.97 Å². The minimum Gasteiger partial charge on any atom is -0.484 e. The smallest absolute Gasteiger partial charge is 0.416 e. The Bertz CT molecular complexity index is 1290. The second-order valence-corrected chi connectivity index (χ2v) is 8.26. The van der Waals surface area contributed by atoms with Gasteiger partial charge in [0.1, 0.15) is 23.6 Å². The summed E-state index contributed by atoms with van der Waals surface area (Å²) in [5.41, 5.74) is 2.31. The SMILES string of the molecule is Cc1cc(OCc2sc(-c3ccc(C(F)(F)F)cc3)nc2C)c2oc(CC(=O)O)nc2c1. The van der Waals surface area contributed by atoms with Gasteiger partial charge in [-0.05, 0) is 43.7 Å². The van der Waals surface area contributed by atoms with Gasteiger partial charge in [0, 0.05) is 5.56 Å². The number of carboxylic acid groups (broad SMARTS) is 1. The zero-order valence-electron chi connectivity index (χ0n) is 17.0. The van der Waals surface area contributed by atoms with Crippen LogP contribution in [0.15, 0.2) is 40.8 Å². The fraction of sp³-hybridized carbons (Fsp3) is 0.227. The maximum absolute atomic E-state index is 12.8. The fourth-order valence-corrected chi connectivity index (χ4v) is 4.11. The van der Waals surface area contributed by atoms with Crippen LogP contribution in [-0.2, 0) is 24.0 Å². The summed E-state index contributed by atoms with van der Waals surface area (Å²) in [6.45, 7) is 3.82. The van der Waals surface area contributed by atoms with Crippen LogP contribution in [0.4, 0.5) is 13.2 Å². The third kappa shape index (κ3) is 4.59. The predicted molar refractivity (Wildman–Crippen MR) is 112 cm³/mol. The Morgan fingerprint density at radius 2 is 1.88 bits per heavy atom. The number of fused-ring (bicyclic) bond motifs is 1. The molecule has 2 heterocycles. The van der Waals surface area contributed by atoms with Crippen LogP contribution in [0.25, 0.3) is 21.7 Å². The maximum atomic E-state index is 12.8. The van der Waals surface area contributed by atoms with Crippen molar-refractivity contribution in [3.05, 3.63) is 64.0 Å². The second kappa shape index (κ2) is 8.27. The first-order valence-electron chi connectivity index (χ1n) is 9.49. The lowest BCUT2D eigenvalue weighted by atomic mass is 10.1. The number of alkyl halides is 3. The first-order chi connectivity index (χ1) is 15.1. The van der Waals surface area contributed by atoms with Crippen molar-refractivity contribution in [2.24, 2.45) is 0 Å². The van der Waals surface area contributed by atoms with Crippen molar-refractivity contribution in [2.75, 3.05) is 0 Å². The van der Waals surface area contributed by atoms with E-state index < -0.39 is 17.7 Å². The van der Waals surface area contributed by atoms with Crippen LogP contribution in [0, 0.1) is 13.8 Å². The van der Waals surface area contributed by atoms with E-state index in [0.29, 0.717) is 33.1 Å². The number of carboxylic acids is 1. The lowest BCUT2D eigenvalue weighted by Crippen LogP contribution is -2.03. The van der Waals surface area contributed by atoms with Crippen LogP contribution >= 0.6 is 11.3 Å². The van der Waals surface area contributed by atoms with Gasteiger partial charge in [-0.3, -0.25) is 4.79 Å². The molecule has 4 rings (SSSR count). The zero-order chi connectivity index (χ0) is 23.0. The molecule has 0 aliphatic rings. The van der Waals surface area contributed by atoms with Crippen molar-refractivity contribution < 1.29 is 32.2 Å². The molecular formula is C22H17F3N2O4S. The Morgan fingerprint density at radius 1 is 1.16 bits per heavy atom. The zero-order valence-corrected chi connectivity index (χ0v) is 17.8. The Labute approximate surface area is 184 Å². The molecule has 0 spiro atoms. The standard InChI is InChI=1S/C22H17F3N2O4S/c1-11-7-15-20(31-18(27-15)9-19(28)29)16(8-11)30-10-17-12(2)26-21(32-17)13-3-5-14(6-4-13)22(23,24)25/h3-8H,9-10H2,1-2H3,(H,28,29). The molecule has 1 N–H and O–H groups in total. The summed E-state index contributed by atoms with van der Waals surface area (Å²) in [5, 5.41) is 9.55. The van der Waals surface area contributed by atoms with E-state index in [1.807, 2.05) is 6.92 Å². The number of carbonyl (C=O) groups is 1. The molecule has 0 saturated carbocycles. The minimum absolute atomic E-state index is 0.0847. The van der Waals surface area contributed by atoms with Crippen LogP contribution in [0.2, 0.25) is 0 Å². The average Bonchev–Trinajstić information content (AvgIpc) is 3.27. The number of oxazole rings is 1. The molecule has 2 aromatic heterocycles. The van der Waals surface area contributed by atoms with E-state index in [-0.39, 0.29) is 18.9 Å². The van der Waals surface area contributed by atoms with E-state index in [9.17, 15) is 18.0 Å². The number of nitrogens with zero attached hydrogens (tertiary/aromatic N) is 2. The molecule has 32 heavy (non-hydrogen) atoms. The molecule has 0 radical (unpaired) electrons. The molecule has 0 aliphatic carbocycles. The molecule has 10 heteroatoms. The number of rotatable bonds is 6. The van der Waals surface area contributed by atoms with Gasteiger partial charge in [-0.25, -0.2) is 9.97 Å². The topological polar surface area (TPSA) is 85.5 Å². The van der Waals surface area contributed by atoms with Gasteiger partial charge in [0.05, 0.1) is 16.1 Å². The van der Waals surface area contributed by atoms with Crippen molar-refractivity contribution in [1.82, 2.24) is 9.97 Å². The largest absolute Gasteiger partial charge is 0.484 e. The molecular weight excluding hydrogens is 445 g/mol. The van der Waals surface area contributed by atoms with Crippen molar-refractivity contribution in [3.8, 4) is 16.3 Å². The molecule has 166 valence electrons. The first kappa shape index (κ1) is 21.8. The number of benzene rings is 2. The van der Waals surface area contributed by atoms with Crippen LogP contribution in [0.3, 0.4) is 0 Å². The summed E-state index contributed by atoms with van der Waals surface area (Å²) in [6, 6.07) is 8.40. The average molecular weight is 462 g/mol. The minimum atomic E-state index is -4.39. The van der Waals surface area contributed by atoms with Crippen molar-refractivity contribution in [3.63, 3.8) is 0 Å². The van der Waals surface area contributed by atoms with Gasteiger partial charge in [-0.15, -0.1) is 11.3 Å². The van der Waals surface area contributed by atoms with E-state index in [0.717, 1.165) is 22.6 Å². The van der Waals surface area contributed by atoms with Crippen molar-refractivity contribution in [2.45, 2.75) is 33.1 Å². The number of aryl methyl sites for hydroxylation is 2. The molecule has 0 aliphatic heterocycles. The maximum Gasteiger partial charge on any atom is 0.416 e. The number of aliphatic carboxylic acids is 1. The van der Waals surface area contributed by atoms with E-state index in [4.69, 9.17) is 14.3 Å². The van der Waals surface area contributed by atoms with E-state index >= 15 is 0 Å². The Hall–Kier alpha value is -3.40. The first-order valence-corrected chi connectivity index (χ1v) is 10.3. The molecule has 0 bridgehead atoms. The molecule has 6 nitrogen and oxygen atoms in total. The van der Waals surface area contributed by atoms with Crippen LogP contribution < -0.4 is 4.74 Å². The summed E-state index contributed by atoms with van der Waals surface area (Å²) in [4.78, 5) is 20.4. The molecule has 2 aromatic carbocycles. The highest BCUT2D eigenvalue weighted by atomic mass is 32.1. The molecule has 0 amide bonds. The monoisotopic (exact) mass is 462 g/mol. The number of aromatic nitrogens is 2. The van der Waals surface area contributed by atoms with Crippen molar-refractivity contribution in [1.29, 1.82) is 0 Å². The highest BCUT2D eigenvalue weighted by molar-refractivity contribution is 7.15. The third-order valence-electron chi connectivity index (χ3n) is 4.66. The summed E-state index contributed by atoms with van der Waals surface area (Å²) in [6.07, 6.45) is -4.72. The summed E-state index contributed by atoms with van der Waals surface area (Å²) < 4.78 is 49.9. The quantitative estimate of drug-likeness (QED) is 0.390. The highest BCUT2D eigenvalue weighted by Crippen LogP contribution is 2.34. The molecule has 4 aromatic rings. The normalized spacial score (nSPS) is 11.8. The molecule has 0 atom stereocenters. The number of halogens is 3. The lowest BCUT2D eigenvalue weighted by Gasteiger charge is -2.06. The van der Waals surface area contributed by atoms with Crippen molar-refractivity contribution >= 4 is 28.4 Å². The highest BCUT2D eigenvalue weighted by Gasteiger charge is 2.30. The Morgan fingerprint density at radius 3 is 2.53 bits per heavy atom. The number of thiazole rings is 1. The van der Waals surface area contributed by atoms with Gasteiger partial charge < -0.3 is 14.3 Å². The molecule has 0 unspecified atom stereocenters. The van der Waals surface area contributed by atoms with Gasteiger partial charge in [0.15, 0.2) is 11.3 Å². The lowest BCUT2D eigenvalue weighted by molar-refractivity contribution is -0.138. The second-order valence-electron chi connectivity index (χ2n) is 7.18. The van der Waals surface area contributed by atoms with Crippen LogP contribution in [-0.4, -0.2) is 21.0 Å². The van der Waals surface area contributed by atoms with Gasteiger partial charge in [-0.2, -0.15) is 13.2 Å². The Balaban J connectivity index is 1.56. The summed E-state index contributed by atoms with van der Waals surface area (Å²) in [5.74, 6) is -0.540. The van der Waals surface area contributed by atoms with Gasteiger partial charge >= 0.3 is 12.1 Å². The number of hydrogen-bond donors (Lipinski definition) is 1. The van der Waals surface area contributed by atoms with Gasteiger partial charge in [-0.1, -0.05) is 12.1 Å². The van der Waals surface area contributed by atoms with Gasteiger partial charge in [0.2, 0.25) is 5.89 Å². The van der Waals surface area contributed by atoms with Crippen LogP contribution in [0.1, 0.15) is 27.6 Å². The molecule has 0 saturated heterocycles. The number of ether oxygens (including phenoxy) is 1. The summed E-state index contributed by atoms with van der Waals surface area (Å²) in [7, 11) is 0. The number of hydrogen-bond acceptors (Lipinski definition) is 6. The summed E-state index contributed by atoms with van der Waals surface area (Å²) >= 11 is 1.33. The van der Waals surface area contributed by atoms with E-state index in [1.54, 1.807) is 19.1 Å². The predicted octanol–water partition coefficient (Wildman–Crippen LogP) is 5.79. The molecule has 0 fully saturated rings. The third-order valence-corrected chi connectivity index (χ3v) is 5.84.